The molecule has 8 nitrogen and oxygen atoms in total. The second kappa shape index (κ2) is 15.9. The van der Waals surface area contributed by atoms with Gasteiger partial charge in [-0.1, -0.05) is 67.1 Å². The van der Waals surface area contributed by atoms with E-state index in [0.29, 0.717) is 24.7 Å². The van der Waals surface area contributed by atoms with Crippen molar-refractivity contribution < 1.29 is 30.5 Å². The highest BCUT2D eigenvalue weighted by Crippen LogP contribution is 2.38. The van der Waals surface area contributed by atoms with Crippen molar-refractivity contribution in [3.63, 3.8) is 0 Å². The topological polar surface area (TPSA) is 115 Å². The number of nitrogens with zero attached hydrogens (tertiary/aromatic N) is 2. The van der Waals surface area contributed by atoms with Crippen LogP contribution in [0.25, 0.3) is 5.57 Å². The summed E-state index contributed by atoms with van der Waals surface area (Å²) >= 11 is 6.86. The Bertz CT molecular complexity index is 2310. The Labute approximate surface area is 306 Å². The van der Waals surface area contributed by atoms with Gasteiger partial charge in [-0.05, 0) is 103 Å². The highest BCUT2D eigenvalue weighted by molar-refractivity contribution is 7.86. The van der Waals surface area contributed by atoms with E-state index in [4.69, 9.17) is 11.6 Å². The van der Waals surface area contributed by atoms with E-state index in [1.54, 1.807) is 12.1 Å². The van der Waals surface area contributed by atoms with Crippen LogP contribution >= 0.6 is 11.6 Å². The molecule has 2 N–H and O–H groups in total. The quantitative estimate of drug-likeness (QED) is 0.110. The summed E-state index contributed by atoms with van der Waals surface area (Å²) in [6.45, 7) is 10.6. The molecule has 51 heavy (non-hydrogen) atoms. The van der Waals surface area contributed by atoms with Gasteiger partial charge in [0.15, 0.2) is 12.3 Å². The minimum absolute atomic E-state index is 0.128. The van der Waals surface area contributed by atoms with Crippen LogP contribution in [-0.4, -0.2) is 49.3 Å². The number of hydrogen-bond donors (Lipinski definition) is 2. The minimum atomic E-state index is -4.31. The van der Waals surface area contributed by atoms with Crippen molar-refractivity contribution in [3.05, 3.63) is 153 Å². The molecule has 1 aliphatic rings. The van der Waals surface area contributed by atoms with Crippen LogP contribution < -0.4 is 4.90 Å². The molecule has 4 aromatic rings. The Morgan fingerprint density at radius 2 is 1.41 bits per heavy atom. The number of hydrogen-bond acceptors (Lipinski definition) is 5. The van der Waals surface area contributed by atoms with Crippen LogP contribution in [0.15, 0.2) is 130 Å². The van der Waals surface area contributed by atoms with Gasteiger partial charge in [0, 0.05) is 53.5 Å². The molecular formula is C40H42ClN2O6S2+. The lowest BCUT2D eigenvalue weighted by Gasteiger charge is -2.26. The van der Waals surface area contributed by atoms with E-state index in [2.05, 4.69) is 66.7 Å². The Balaban J connectivity index is 1.56. The van der Waals surface area contributed by atoms with Crippen LogP contribution in [0, 0.1) is 6.92 Å². The molecule has 0 atom stereocenters. The predicted molar refractivity (Wildman–Crippen MR) is 205 cm³/mol. The highest BCUT2D eigenvalue weighted by atomic mass is 35.5. The Kier molecular flexibility index (Phi) is 11.8. The maximum absolute atomic E-state index is 11.8. The fourth-order valence-electron chi connectivity index (χ4n) is 6.35. The van der Waals surface area contributed by atoms with Gasteiger partial charge in [-0.3, -0.25) is 9.11 Å². The van der Waals surface area contributed by atoms with Gasteiger partial charge in [0.05, 0.1) is 9.79 Å². The molecule has 0 aromatic heterocycles. The summed E-state index contributed by atoms with van der Waals surface area (Å²) in [6.07, 6.45) is 7.19. The van der Waals surface area contributed by atoms with Gasteiger partial charge in [-0.25, -0.2) is 4.58 Å². The molecule has 0 saturated heterocycles. The number of aryl methyl sites for hydroxylation is 1. The molecular weight excluding hydrogens is 704 g/mol. The molecule has 0 unspecified atom stereocenters. The Morgan fingerprint density at radius 1 is 0.765 bits per heavy atom. The van der Waals surface area contributed by atoms with Crippen LogP contribution in [0.4, 0.5) is 5.69 Å². The maximum atomic E-state index is 11.8. The van der Waals surface area contributed by atoms with E-state index in [1.807, 2.05) is 43.3 Å². The van der Waals surface area contributed by atoms with E-state index in [-0.39, 0.29) is 9.79 Å². The third kappa shape index (κ3) is 9.13. The smallest absolute Gasteiger partial charge is 0.294 e. The first kappa shape index (κ1) is 37.9. The summed E-state index contributed by atoms with van der Waals surface area (Å²) in [4.78, 5) is 1.88. The fourth-order valence-corrected chi connectivity index (χ4v) is 7.69. The van der Waals surface area contributed by atoms with Crippen LogP contribution in [0.3, 0.4) is 0 Å². The second-order valence-electron chi connectivity index (χ2n) is 12.5. The van der Waals surface area contributed by atoms with Crippen LogP contribution in [0.2, 0.25) is 5.02 Å². The van der Waals surface area contributed by atoms with Crippen LogP contribution in [0.1, 0.15) is 55.0 Å². The minimum Gasteiger partial charge on any atom is -0.367 e. The van der Waals surface area contributed by atoms with Gasteiger partial charge >= 0.3 is 0 Å². The Morgan fingerprint density at radius 3 is 2.00 bits per heavy atom. The lowest BCUT2D eigenvalue weighted by atomic mass is 9.85. The molecule has 266 valence electrons. The van der Waals surface area contributed by atoms with Gasteiger partial charge < -0.3 is 4.90 Å². The van der Waals surface area contributed by atoms with E-state index in [9.17, 15) is 25.9 Å². The van der Waals surface area contributed by atoms with Gasteiger partial charge in [-0.2, -0.15) is 16.8 Å². The first-order valence-corrected chi connectivity index (χ1v) is 19.9. The molecule has 0 amide bonds. The summed E-state index contributed by atoms with van der Waals surface area (Å²) in [6, 6.07) is 26.8. The largest absolute Gasteiger partial charge is 0.367 e. The molecule has 4 aromatic carbocycles. The lowest BCUT2D eigenvalue weighted by Crippen LogP contribution is -2.22. The number of rotatable bonds is 12. The molecule has 0 heterocycles. The number of allylic oxidation sites excluding steroid dienone is 5. The van der Waals surface area contributed by atoms with Crippen LogP contribution in [-0.2, 0) is 33.3 Å². The molecule has 0 fully saturated rings. The average Bonchev–Trinajstić information content (AvgIpc) is 3.08. The van der Waals surface area contributed by atoms with Gasteiger partial charge in [0.1, 0.15) is 6.54 Å². The standard InChI is InChI=1S/C40H41ClN2O6S2/c1-5-21-43(27-31-12-10-14-35(25-31)51(47,48)49)33-18-20-37(29(4)23-33)40(38-15-7-8-16-39(38)41)36-19-17-32(22-28(36)3)42(6-2)26-30-11-9-13-34(24-30)50(44,45)46/h7-20,22-25H,5-6,21,26-27H2,1-4H3,(H-,44,45,46,47,48,49)/p+1. The van der Waals surface area contributed by atoms with Crippen molar-refractivity contribution in [2.24, 2.45) is 0 Å². The van der Waals surface area contributed by atoms with Gasteiger partial charge in [-0.15, -0.1) is 0 Å². The van der Waals surface area contributed by atoms with Crippen molar-refractivity contribution in [2.45, 2.75) is 57.0 Å². The molecule has 0 spiro atoms. The number of anilines is 1. The molecule has 0 saturated carbocycles. The zero-order valence-electron chi connectivity index (χ0n) is 29.0. The molecule has 0 aliphatic heterocycles. The molecule has 1 aliphatic carbocycles. The Hall–Kier alpha value is -4.32. The first-order chi connectivity index (χ1) is 24.2. The molecule has 0 radical (unpaired) electrons. The zero-order chi connectivity index (χ0) is 36.9. The predicted octanol–water partition coefficient (Wildman–Crippen LogP) is 8.55. The van der Waals surface area contributed by atoms with Crippen LogP contribution in [0.5, 0.6) is 0 Å². The van der Waals surface area contributed by atoms with Crippen molar-refractivity contribution in [1.82, 2.24) is 0 Å². The zero-order valence-corrected chi connectivity index (χ0v) is 31.4. The van der Waals surface area contributed by atoms with Crippen molar-refractivity contribution >= 4 is 48.8 Å². The SMILES string of the molecule is CCC[N+](Cc1cccc(S(=O)(=O)O)c1)=C1C=C/C(=C(/c2ccc(N(CC)Cc3cccc(S(=O)(=O)O)c3)cc2C)c2ccccc2Cl)C(C)=C1. The molecule has 11 heteroatoms. The summed E-state index contributed by atoms with van der Waals surface area (Å²) in [5.74, 6) is 0. The number of benzene rings is 4. The van der Waals surface area contributed by atoms with Crippen molar-refractivity contribution in [3.8, 4) is 0 Å². The average molecular weight is 746 g/mol. The summed E-state index contributed by atoms with van der Waals surface area (Å²) in [5.41, 5.74) is 9.46. The first-order valence-electron chi connectivity index (χ1n) is 16.7. The van der Waals surface area contributed by atoms with E-state index in [1.165, 1.54) is 24.3 Å². The lowest BCUT2D eigenvalue weighted by molar-refractivity contribution is -0.542. The highest BCUT2D eigenvalue weighted by Gasteiger charge is 2.22. The maximum Gasteiger partial charge on any atom is 0.294 e. The monoisotopic (exact) mass is 745 g/mol. The van der Waals surface area contributed by atoms with Crippen molar-refractivity contribution in [2.75, 3.05) is 18.0 Å². The summed E-state index contributed by atoms with van der Waals surface area (Å²) in [7, 11) is -8.62. The summed E-state index contributed by atoms with van der Waals surface area (Å²) in [5, 5.41) is 0.625. The summed E-state index contributed by atoms with van der Waals surface area (Å²) < 4.78 is 68.4. The fraction of sp³-hybridized carbons (Fsp3) is 0.225. The van der Waals surface area contributed by atoms with E-state index < -0.39 is 20.2 Å². The molecule has 5 rings (SSSR count). The van der Waals surface area contributed by atoms with E-state index in [0.717, 1.165) is 68.9 Å². The van der Waals surface area contributed by atoms with Gasteiger partial charge in [0.2, 0.25) is 0 Å². The third-order valence-electron chi connectivity index (χ3n) is 8.85. The van der Waals surface area contributed by atoms with Gasteiger partial charge in [0.25, 0.3) is 20.2 Å². The molecule has 0 bridgehead atoms. The van der Waals surface area contributed by atoms with Crippen molar-refractivity contribution in [1.29, 1.82) is 0 Å². The number of halogens is 1. The second-order valence-corrected chi connectivity index (χ2v) is 15.8. The normalized spacial score (nSPS) is 15.4. The third-order valence-corrected chi connectivity index (χ3v) is 10.9. The van der Waals surface area contributed by atoms with E-state index >= 15 is 0 Å².